The second-order valence-corrected chi connectivity index (χ2v) is 6.84. The van der Waals surface area contributed by atoms with Crippen molar-refractivity contribution in [2.75, 3.05) is 7.11 Å². The largest absolute Gasteiger partial charge is 0.470 e. The molecule has 0 fully saturated rings. The molecule has 150 valence electrons. The van der Waals surface area contributed by atoms with E-state index in [0.717, 1.165) is 22.0 Å². The second-order valence-electron chi connectivity index (χ2n) is 6.84. The summed E-state index contributed by atoms with van der Waals surface area (Å²) in [4.78, 5) is 4.39. The highest BCUT2D eigenvalue weighted by atomic mass is 16.5. The minimum Gasteiger partial charge on any atom is -0.470 e. The van der Waals surface area contributed by atoms with E-state index < -0.39 is 0 Å². The average molecular weight is 402 g/mol. The van der Waals surface area contributed by atoms with Crippen molar-refractivity contribution in [1.82, 2.24) is 30.0 Å². The predicted octanol–water partition coefficient (Wildman–Crippen LogP) is 3.36. The van der Waals surface area contributed by atoms with Crippen LogP contribution in [0.15, 0.2) is 53.2 Å². The van der Waals surface area contributed by atoms with Crippen molar-refractivity contribution in [2.45, 2.75) is 20.1 Å². The molecule has 0 atom stereocenters. The Morgan fingerprint density at radius 2 is 1.90 bits per heavy atom. The van der Waals surface area contributed by atoms with E-state index in [2.05, 4.69) is 25.4 Å². The van der Waals surface area contributed by atoms with Crippen LogP contribution in [0.5, 0.6) is 5.88 Å². The zero-order valence-electron chi connectivity index (χ0n) is 16.4. The molecule has 5 rings (SSSR count). The summed E-state index contributed by atoms with van der Waals surface area (Å²) in [6.07, 6.45) is 1.81. The smallest absolute Gasteiger partial charge is 0.240 e. The van der Waals surface area contributed by atoms with Crippen LogP contribution < -0.4 is 4.74 Å². The van der Waals surface area contributed by atoms with Gasteiger partial charge in [-0.1, -0.05) is 29.4 Å². The van der Waals surface area contributed by atoms with Gasteiger partial charge in [-0.15, -0.1) is 15.3 Å². The molecule has 0 N–H and O–H groups in total. The lowest BCUT2D eigenvalue weighted by Gasteiger charge is -2.09. The number of aromatic nitrogens is 6. The molecule has 0 aliphatic heterocycles. The van der Waals surface area contributed by atoms with Crippen LogP contribution in [0, 0.1) is 6.92 Å². The SMILES string of the molecule is COCc1cc(-c2nnc3c4ccccc4c(OCc4ccc(C)cn4)nn23)no1. The third-order valence-electron chi connectivity index (χ3n) is 4.63. The highest BCUT2D eigenvalue weighted by Gasteiger charge is 2.19. The zero-order chi connectivity index (χ0) is 20.5. The number of methoxy groups -OCH3 is 1. The quantitative estimate of drug-likeness (QED) is 0.426. The Bertz CT molecular complexity index is 1330. The highest BCUT2D eigenvalue weighted by molar-refractivity contribution is 5.96. The lowest BCUT2D eigenvalue weighted by atomic mass is 10.2. The zero-order valence-corrected chi connectivity index (χ0v) is 16.4. The van der Waals surface area contributed by atoms with Gasteiger partial charge in [-0.2, -0.15) is 4.52 Å². The number of benzene rings is 1. The summed E-state index contributed by atoms with van der Waals surface area (Å²) >= 11 is 0. The van der Waals surface area contributed by atoms with Gasteiger partial charge in [0.15, 0.2) is 17.1 Å². The third-order valence-corrected chi connectivity index (χ3v) is 4.63. The fourth-order valence-corrected chi connectivity index (χ4v) is 3.17. The standard InChI is InChI=1S/C21H18N6O3/c1-13-7-8-14(22-10-13)11-29-21-17-6-4-3-5-16(17)19-23-24-20(27(19)25-21)18-9-15(12-28-2)30-26-18/h3-10H,11-12H2,1-2H3. The number of pyridine rings is 1. The van der Waals surface area contributed by atoms with E-state index in [0.29, 0.717) is 42.0 Å². The molecule has 0 amide bonds. The van der Waals surface area contributed by atoms with Crippen LogP contribution in [0.2, 0.25) is 0 Å². The van der Waals surface area contributed by atoms with Gasteiger partial charge in [-0.25, -0.2) is 0 Å². The fraction of sp³-hybridized carbons (Fsp3) is 0.190. The van der Waals surface area contributed by atoms with Crippen LogP contribution in [0.4, 0.5) is 0 Å². The van der Waals surface area contributed by atoms with Gasteiger partial charge in [-0.05, 0) is 24.6 Å². The van der Waals surface area contributed by atoms with Gasteiger partial charge in [0.25, 0.3) is 0 Å². The molecule has 0 aliphatic rings. The third kappa shape index (κ3) is 3.25. The molecule has 9 nitrogen and oxygen atoms in total. The van der Waals surface area contributed by atoms with Crippen LogP contribution >= 0.6 is 0 Å². The number of rotatable bonds is 6. The highest BCUT2D eigenvalue weighted by Crippen LogP contribution is 2.29. The number of nitrogens with zero attached hydrogens (tertiary/aromatic N) is 6. The summed E-state index contributed by atoms with van der Waals surface area (Å²) in [5, 5.41) is 19.0. The maximum Gasteiger partial charge on any atom is 0.240 e. The Labute approximate surface area is 171 Å². The first-order chi connectivity index (χ1) is 14.7. The topological polar surface area (TPSA) is 100 Å². The first-order valence-electron chi connectivity index (χ1n) is 9.36. The van der Waals surface area contributed by atoms with Crippen LogP contribution in [0.3, 0.4) is 0 Å². The van der Waals surface area contributed by atoms with Crippen molar-refractivity contribution < 1.29 is 14.0 Å². The van der Waals surface area contributed by atoms with Crippen molar-refractivity contribution in [1.29, 1.82) is 0 Å². The van der Waals surface area contributed by atoms with Crippen LogP contribution in [-0.4, -0.2) is 37.1 Å². The first-order valence-corrected chi connectivity index (χ1v) is 9.36. The first kappa shape index (κ1) is 18.2. The van der Waals surface area contributed by atoms with Crippen molar-refractivity contribution >= 4 is 16.4 Å². The normalized spacial score (nSPS) is 11.4. The summed E-state index contributed by atoms with van der Waals surface area (Å²) in [7, 11) is 1.59. The molecule has 0 spiro atoms. The maximum absolute atomic E-state index is 6.04. The van der Waals surface area contributed by atoms with E-state index in [-0.39, 0.29) is 0 Å². The van der Waals surface area contributed by atoms with Gasteiger partial charge < -0.3 is 14.0 Å². The second kappa shape index (κ2) is 7.53. The summed E-state index contributed by atoms with van der Waals surface area (Å²) in [6, 6.07) is 13.5. The van der Waals surface area contributed by atoms with E-state index in [9.17, 15) is 0 Å². The van der Waals surface area contributed by atoms with Gasteiger partial charge in [0.05, 0.1) is 5.69 Å². The number of hydrogen-bond acceptors (Lipinski definition) is 8. The molecule has 0 saturated carbocycles. The van der Waals surface area contributed by atoms with E-state index in [1.807, 2.05) is 49.5 Å². The van der Waals surface area contributed by atoms with Crippen molar-refractivity contribution in [3.63, 3.8) is 0 Å². The van der Waals surface area contributed by atoms with E-state index in [1.165, 1.54) is 0 Å². The molecule has 1 aromatic carbocycles. The van der Waals surface area contributed by atoms with Crippen LogP contribution in [0.1, 0.15) is 17.0 Å². The lowest BCUT2D eigenvalue weighted by molar-refractivity contribution is 0.156. The van der Waals surface area contributed by atoms with Gasteiger partial charge >= 0.3 is 0 Å². The van der Waals surface area contributed by atoms with Gasteiger partial charge in [0.2, 0.25) is 11.7 Å². The molecule has 4 aromatic heterocycles. The minimum absolute atomic E-state index is 0.294. The Morgan fingerprint density at radius 3 is 2.70 bits per heavy atom. The molecule has 0 aliphatic carbocycles. The fourth-order valence-electron chi connectivity index (χ4n) is 3.17. The van der Waals surface area contributed by atoms with Crippen LogP contribution in [-0.2, 0) is 18.0 Å². The molecule has 0 radical (unpaired) electrons. The van der Waals surface area contributed by atoms with Gasteiger partial charge in [0, 0.05) is 30.1 Å². The van der Waals surface area contributed by atoms with Gasteiger partial charge in [-0.3, -0.25) is 4.98 Å². The van der Waals surface area contributed by atoms with Crippen molar-refractivity contribution in [2.24, 2.45) is 0 Å². The molecule has 0 saturated heterocycles. The summed E-state index contributed by atoms with van der Waals surface area (Å²) in [5.41, 5.74) is 3.04. The van der Waals surface area contributed by atoms with E-state index >= 15 is 0 Å². The summed E-state index contributed by atoms with van der Waals surface area (Å²) in [5.74, 6) is 1.51. The molecular weight excluding hydrogens is 384 g/mol. The molecule has 0 bridgehead atoms. The number of aryl methyl sites for hydroxylation is 1. The molecule has 30 heavy (non-hydrogen) atoms. The Kier molecular flexibility index (Phi) is 4.56. The number of fused-ring (bicyclic) bond motifs is 3. The lowest BCUT2D eigenvalue weighted by Crippen LogP contribution is -2.04. The monoisotopic (exact) mass is 402 g/mol. The maximum atomic E-state index is 6.04. The van der Waals surface area contributed by atoms with E-state index in [1.54, 1.807) is 17.7 Å². The summed E-state index contributed by atoms with van der Waals surface area (Å²) < 4.78 is 18.0. The molecule has 9 heteroatoms. The van der Waals surface area contributed by atoms with Crippen molar-refractivity contribution in [3.8, 4) is 17.4 Å². The predicted molar refractivity (Wildman–Crippen MR) is 108 cm³/mol. The number of hydrogen-bond donors (Lipinski definition) is 0. The Balaban J connectivity index is 1.59. The Hall–Kier alpha value is -3.85. The molecule has 5 aromatic rings. The minimum atomic E-state index is 0.294. The van der Waals surface area contributed by atoms with Crippen molar-refractivity contribution in [3.05, 3.63) is 65.7 Å². The molecule has 4 heterocycles. The van der Waals surface area contributed by atoms with Gasteiger partial charge in [0.1, 0.15) is 13.2 Å². The van der Waals surface area contributed by atoms with E-state index in [4.69, 9.17) is 14.0 Å². The molecule has 0 unspecified atom stereocenters. The number of ether oxygens (including phenoxy) is 2. The summed E-state index contributed by atoms with van der Waals surface area (Å²) in [6.45, 7) is 2.61. The average Bonchev–Trinajstić information content (AvgIpc) is 3.40. The molecular formula is C21H18N6O3. The van der Waals surface area contributed by atoms with Crippen LogP contribution in [0.25, 0.3) is 27.9 Å². The Morgan fingerprint density at radius 1 is 1.03 bits per heavy atom.